The fourth-order valence-corrected chi connectivity index (χ4v) is 5.00. The van der Waals surface area contributed by atoms with Gasteiger partial charge >= 0.3 is 6.18 Å². The Morgan fingerprint density at radius 1 is 0.921 bits per heavy atom. The SMILES string of the molecule is Cc1nc2c(c(=O)n1C(c1ccccc1)c1ccccc1)CCN(C(=O)Cc1ccc(C(F)(F)F)cc1)C2. The van der Waals surface area contributed by atoms with Gasteiger partial charge in [0.1, 0.15) is 5.82 Å². The van der Waals surface area contributed by atoms with Crippen LogP contribution in [0, 0.1) is 6.92 Å². The molecule has 0 aliphatic carbocycles. The summed E-state index contributed by atoms with van der Waals surface area (Å²) in [6.07, 6.45) is -4.08. The number of alkyl halides is 3. The van der Waals surface area contributed by atoms with E-state index in [0.717, 1.165) is 23.3 Å². The summed E-state index contributed by atoms with van der Waals surface area (Å²) in [6.45, 7) is 2.32. The van der Waals surface area contributed by atoms with E-state index in [1.807, 2.05) is 60.7 Å². The van der Waals surface area contributed by atoms with Gasteiger partial charge in [0.05, 0.1) is 30.3 Å². The first-order valence-corrected chi connectivity index (χ1v) is 12.4. The quantitative estimate of drug-likeness (QED) is 0.359. The molecule has 8 heteroatoms. The summed E-state index contributed by atoms with van der Waals surface area (Å²) in [5.41, 5.74) is 2.72. The molecule has 0 unspecified atom stereocenters. The summed E-state index contributed by atoms with van der Waals surface area (Å²) in [4.78, 5) is 33.2. The topological polar surface area (TPSA) is 55.2 Å². The third-order valence-electron chi connectivity index (χ3n) is 6.92. The second-order valence-corrected chi connectivity index (χ2v) is 9.42. The minimum absolute atomic E-state index is 0.0202. The van der Waals surface area contributed by atoms with Crippen LogP contribution in [0.5, 0.6) is 0 Å². The highest BCUT2D eigenvalue weighted by atomic mass is 19.4. The van der Waals surface area contributed by atoms with Crippen molar-refractivity contribution in [3.8, 4) is 0 Å². The fraction of sp³-hybridized carbons (Fsp3) is 0.233. The lowest BCUT2D eigenvalue weighted by Gasteiger charge is -2.30. The van der Waals surface area contributed by atoms with Gasteiger partial charge in [-0.3, -0.25) is 14.2 Å². The number of amides is 1. The Morgan fingerprint density at radius 3 is 2.05 bits per heavy atom. The van der Waals surface area contributed by atoms with Crippen molar-refractivity contribution in [2.24, 2.45) is 0 Å². The second-order valence-electron chi connectivity index (χ2n) is 9.42. The molecule has 0 saturated carbocycles. The number of carbonyl (C=O) groups excluding carboxylic acids is 1. The average Bonchev–Trinajstić information content (AvgIpc) is 2.91. The van der Waals surface area contributed by atoms with E-state index in [-0.39, 0.29) is 30.5 Å². The maximum atomic E-state index is 13.8. The van der Waals surface area contributed by atoms with E-state index in [1.165, 1.54) is 12.1 Å². The number of rotatable bonds is 5. The molecular formula is C30H26F3N3O2. The van der Waals surface area contributed by atoms with Crippen molar-refractivity contribution >= 4 is 5.91 Å². The summed E-state index contributed by atoms with van der Waals surface area (Å²) in [6, 6.07) is 23.9. The van der Waals surface area contributed by atoms with Crippen LogP contribution in [0.4, 0.5) is 13.2 Å². The van der Waals surface area contributed by atoms with Gasteiger partial charge in [0.15, 0.2) is 0 Å². The molecule has 5 rings (SSSR count). The van der Waals surface area contributed by atoms with Crippen molar-refractivity contribution in [2.45, 2.75) is 38.5 Å². The summed E-state index contributed by atoms with van der Waals surface area (Å²) in [7, 11) is 0. The van der Waals surface area contributed by atoms with E-state index in [4.69, 9.17) is 4.98 Å². The number of carbonyl (C=O) groups is 1. The van der Waals surface area contributed by atoms with Gasteiger partial charge in [-0.25, -0.2) is 4.98 Å². The van der Waals surface area contributed by atoms with Crippen molar-refractivity contribution in [2.75, 3.05) is 6.54 Å². The predicted molar refractivity (Wildman–Crippen MR) is 138 cm³/mol. The van der Waals surface area contributed by atoms with Crippen LogP contribution in [0.3, 0.4) is 0 Å². The molecule has 194 valence electrons. The number of halogens is 3. The third kappa shape index (κ3) is 5.11. The normalized spacial score (nSPS) is 13.4. The Kier molecular flexibility index (Phi) is 6.89. The van der Waals surface area contributed by atoms with Crippen LogP contribution in [-0.4, -0.2) is 26.9 Å². The maximum Gasteiger partial charge on any atom is 0.416 e. The van der Waals surface area contributed by atoms with Gasteiger partial charge in [0, 0.05) is 12.1 Å². The summed E-state index contributed by atoms with van der Waals surface area (Å²) in [5.74, 6) is 0.328. The van der Waals surface area contributed by atoms with Gasteiger partial charge < -0.3 is 4.90 Å². The lowest BCUT2D eigenvalue weighted by Crippen LogP contribution is -2.42. The summed E-state index contributed by atoms with van der Waals surface area (Å²) < 4.78 is 40.2. The molecule has 0 spiro atoms. The first-order chi connectivity index (χ1) is 18.2. The number of aromatic nitrogens is 2. The van der Waals surface area contributed by atoms with Crippen LogP contribution in [0.1, 0.15) is 45.4 Å². The number of hydrogen-bond donors (Lipinski definition) is 0. The standard InChI is InChI=1S/C30H26F3N3O2/c1-20-34-26-19-35(27(37)18-21-12-14-24(15-13-21)30(31,32)33)17-16-25(26)29(38)36(20)28(22-8-4-2-5-9-22)23-10-6-3-7-11-23/h2-15,28H,16-19H2,1H3. The maximum absolute atomic E-state index is 13.8. The molecule has 0 bridgehead atoms. The van der Waals surface area contributed by atoms with Crippen molar-refractivity contribution in [3.05, 3.63) is 135 Å². The van der Waals surface area contributed by atoms with Crippen LogP contribution in [-0.2, 0) is 30.4 Å². The highest BCUT2D eigenvalue weighted by Crippen LogP contribution is 2.30. The molecule has 0 N–H and O–H groups in total. The van der Waals surface area contributed by atoms with Gasteiger partial charge in [0.25, 0.3) is 5.56 Å². The number of benzene rings is 3. The van der Waals surface area contributed by atoms with Crippen LogP contribution in [0.2, 0.25) is 0 Å². The van der Waals surface area contributed by atoms with E-state index in [1.54, 1.807) is 16.4 Å². The molecule has 0 saturated heterocycles. The Balaban J connectivity index is 1.42. The molecule has 2 heterocycles. The highest BCUT2D eigenvalue weighted by Gasteiger charge is 2.31. The molecular weight excluding hydrogens is 491 g/mol. The Bertz CT molecular complexity index is 1460. The molecule has 0 radical (unpaired) electrons. The molecule has 0 atom stereocenters. The highest BCUT2D eigenvalue weighted by molar-refractivity contribution is 5.79. The lowest BCUT2D eigenvalue weighted by atomic mass is 9.97. The molecule has 3 aromatic carbocycles. The first-order valence-electron chi connectivity index (χ1n) is 12.4. The number of hydrogen-bond acceptors (Lipinski definition) is 3. The fourth-order valence-electron chi connectivity index (χ4n) is 5.00. The smallest absolute Gasteiger partial charge is 0.336 e. The van der Waals surface area contributed by atoms with Gasteiger partial charge in [-0.2, -0.15) is 13.2 Å². The van der Waals surface area contributed by atoms with Crippen LogP contribution >= 0.6 is 0 Å². The molecule has 1 aliphatic heterocycles. The molecule has 1 amide bonds. The van der Waals surface area contributed by atoms with Crippen LogP contribution in [0.15, 0.2) is 89.7 Å². The van der Waals surface area contributed by atoms with Crippen molar-refractivity contribution < 1.29 is 18.0 Å². The van der Waals surface area contributed by atoms with E-state index in [2.05, 4.69) is 0 Å². The number of nitrogens with zero attached hydrogens (tertiary/aromatic N) is 3. The average molecular weight is 518 g/mol. The molecule has 1 aromatic heterocycles. The van der Waals surface area contributed by atoms with Crippen LogP contribution < -0.4 is 5.56 Å². The van der Waals surface area contributed by atoms with E-state index in [9.17, 15) is 22.8 Å². The van der Waals surface area contributed by atoms with E-state index >= 15 is 0 Å². The lowest BCUT2D eigenvalue weighted by molar-refractivity contribution is -0.137. The Morgan fingerprint density at radius 2 is 1.50 bits per heavy atom. The Hall–Kier alpha value is -4.20. The monoisotopic (exact) mass is 517 g/mol. The van der Waals surface area contributed by atoms with E-state index < -0.39 is 11.7 Å². The minimum Gasteiger partial charge on any atom is -0.336 e. The van der Waals surface area contributed by atoms with Crippen molar-refractivity contribution in [1.29, 1.82) is 0 Å². The number of aryl methyl sites for hydroxylation is 1. The van der Waals surface area contributed by atoms with Gasteiger partial charge in [-0.15, -0.1) is 0 Å². The zero-order valence-electron chi connectivity index (χ0n) is 20.8. The van der Waals surface area contributed by atoms with Gasteiger partial charge in [0.2, 0.25) is 5.91 Å². The van der Waals surface area contributed by atoms with Gasteiger partial charge in [-0.1, -0.05) is 72.8 Å². The second kappa shape index (κ2) is 10.3. The first kappa shape index (κ1) is 25.4. The van der Waals surface area contributed by atoms with Crippen LogP contribution in [0.25, 0.3) is 0 Å². The van der Waals surface area contributed by atoms with Gasteiger partial charge in [-0.05, 0) is 42.2 Å². The van der Waals surface area contributed by atoms with Crippen molar-refractivity contribution in [3.63, 3.8) is 0 Å². The van der Waals surface area contributed by atoms with E-state index in [0.29, 0.717) is 35.6 Å². The zero-order valence-corrected chi connectivity index (χ0v) is 20.8. The Labute approximate surface area is 218 Å². The molecule has 5 nitrogen and oxygen atoms in total. The molecule has 0 fully saturated rings. The molecule has 38 heavy (non-hydrogen) atoms. The number of fused-ring (bicyclic) bond motifs is 1. The summed E-state index contributed by atoms with van der Waals surface area (Å²) >= 11 is 0. The molecule has 1 aliphatic rings. The zero-order chi connectivity index (χ0) is 26.9. The van der Waals surface area contributed by atoms with Crippen molar-refractivity contribution in [1.82, 2.24) is 14.5 Å². The minimum atomic E-state index is -4.42. The predicted octanol–water partition coefficient (Wildman–Crippen LogP) is 5.34. The summed E-state index contributed by atoms with van der Waals surface area (Å²) in [5, 5.41) is 0. The largest absolute Gasteiger partial charge is 0.416 e. The third-order valence-corrected chi connectivity index (χ3v) is 6.92. The molecule has 4 aromatic rings.